The SMILES string of the molecule is N#C/C(=N\Nc1ccccc1Sc1ncccc1C#N)C(=N)N. The molecule has 4 N–H and O–H groups in total. The van der Waals surface area contributed by atoms with Gasteiger partial charge in [-0.3, -0.25) is 10.8 Å². The fourth-order valence-corrected chi connectivity index (χ4v) is 2.49. The van der Waals surface area contributed by atoms with Gasteiger partial charge in [-0.2, -0.15) is 15.6 Å². The van der Waals surface area contributed by atoms with Crippen LogP contribution in [0, 0.1) is 28.1 Å². The summed E-state index contributed by atoms with van der Waals surface area (Å²) < 4.78 is 0. The van der Waals surface area contributed by atoms with Crippen molar-refractivity contribution >= 4 is 29.0 Å². The Morgan fingerprint density at radius 2 is 2.04 bits per heavy atom. The van der Waals surface area contributed by atoms with Crippen molar-refractivity contribution in [3.8, 4) is 12.1 Å². The standard InChI is InChI=1S/C15H11N7S/c16-8-10-4-3-7-20-15(10)23-13-6-2-1-5-11(13)21-22-12(9-17)14(18)19/h1-7,21H,(H3,18,19)/b22-12+. The molecular formula is C15H11N7S. The van der Waals surface area contributed by atoms with Gasteiger partial charge in [-0.15, -0.1) is 0 Å². The minimum absolute atomic E-state index is 0.208. The van der Waals surface area contributed by atoms with Crippen LogP contribution in [0.3, 0.4) is 0 Å². The zero-order chi connectivity index (χ0) is 16.7. The Kier molecular flexibility index (Phi) is 5.29. The van der Waals surface area contributed by atoms with Crippen molar-refractivity contribution in [2.75, 3.05) is 5.43 Å². The van der Waals surface area contributed by atoms with Crippen LogP contribution in [-0.4, -0.2) is 16.5 Å². The van der Waals surface area contributed by atoms with Gasteiger partial charge >= 0.3 is 0 Å². The van der Waals surface area contributed by atoms with Gasteiger partial charge in [0.2, 0.25) is 5.71 Å². The number of pyridine rings is 1. The highest BCUT2D eigenvalue weighted by Gasteiger charge is 2.09. The van der Waals surface area contributed by atoms with Crippen molar-refractivity contribution in [2.45, 2.75) is 9.92 Å². The zero-order valence-corrected chi connectivity index (χ0v) is 12.6. The van der Waals surface area contributed by atoms with E-state index in [0.29, 0.717) is 16.3 Å². The molecule has 2 rings (SSSR count). The second kappa shape index (κ2) is 7.59. The van der Waals surface area contributed by atoms with Crippen LogP contribution in [0.25, 0.3) is 0 Å². The van der Waals surface area contributed by atoms with Gasteiger partial charge in [0, 0.05) is 11.1 Å². The molecule has 1 aromatic heterocycles. The van der Waals surface area contributed by atoms with E-state index in [0.717, 1.165) is 4.90 Å². The molecule has 0 fully saturated rings. The molecule has 0 aliphatic carbocycles. The lowest BCUT2D eigenvalue weighted by Crippen LogP contribution is -2.21. The number of benzene rings is 1. The highest BCUT2D eigenvalue weighted by molar-refractivity contribution is 7.99. The van der Waals surface area contributed by atoms with Crippen LogP contribution in [0.4, 0.5) is 5.69 Å². The van der Waals surface area contributed by atoms with Crippen LogP contribution in [0.1, 0.15) is 5.56 Å². The summed E-state index contributed by atoms with van der Waals surface area (Å²) in [4.78, 5) is 4.97. The van der Waals surface area contributed by atoms with E-state index in [-0.39, 0.29) is 5.71 Å². The Hall–Kier alpha value is -3.36. The highest BCUT2D eigenvalue weighted by Crippen LogP contribution is 2.33. The van der Waals surface area contributed by atoms with Crippen molar-refractivity contribution in [2.24, 2.45) is 10.8 Å². The number of amidine groups is 1. The van der Waals surface area contributed by atoms with E-state index in [1.165, 1.54) is 11.8 Å². The Labute approximate surface area is 137 Å². The third-order valence-corrected chi connectivity index (χ3v) is 3.73. The van der Waals surface area contributed by atoms with Gasteiger partial charge in [0.1, 0.15) is 17.2 Å². The van der Waals surface area contributed by atoms with Gasteiger partial charge in [0.15, 0.2) is 5.84 Å². The Balaban J connectivity index is 2.30. The lowest BCUT2D eigenvalue weighted by Gasteiger charge is -2.08. The molecule has 0 unspecified atom stereocenters. The topological polar surface area (TPSA) is 135 Å². The van der Waals surface area contributed by atoms with Gasteiger partial charge < -0.3 is 5.73 Å². The van der Waals surface area contributed by atoms with E-state index in [1.807, 2.05) is 12.1 Å². The van der Waals surface area contributed by atoms with Gasteiger partial charge in [-0.25, -0.2) is 4.98 Å². The number of hydrazone groups is 1. The van der Waals surface area contributed by atoms with E-state index < -0.39 is 5.84 Å². The number of nitrogens with one attached hydrogen (secondary N) is 2. The van der Waals surface area contributed by atoms with E-state index in [2.05, 4.69) is 21.6 Å². The maximum atomic E-state index is 9.12. The second-order valence-electron chi connectivity index (χ2n) is 4.16. The summed E-state index contributed by atoms with van der Waals surface area (Å²) in [7, 11) is 0. The predicted octanol–water partition coefficient (Wildman–Crippen LogP) is 2.33. The third kappa shape index (κ3) is 4.06. The minimum atomic E-state index is -0.415. The van der Waals surface area contributed by atoms with Crippen molar-refractivity contribution in [1.82, 2.24) is 4.98 Å². The lowest BCUT2D eigenvalue weighted by atomic mass is 10.3. The molecule has 0 aliphatic rings. The molecule has 1 heterocycles. The van der Waals surface area contributed by atoms with Crippen LogP contribution in [-0.2, 0) is 0 Å². The molecular weight excluding hydrogens is 310 g/mol. The van der Waals surface area contributed by atoms with Crippen molar-refractivity contribution < 1.29 is 0 Å². The summed E-state index contributed by atoms with van der Waals surface area (Å²) in [6, 6.07) is 14.4. The number of para-hydroxylation sites is 1. The number of hydrogen-bond acceptors (Lipinski definition) is 7. The number of hydrogen-bond donors (Lipinski definition) is 3. The van der Waals surface area contributed by atoms with Gasteiger partial charge in [0.05, 0.1) is 11.3 Å². The lowest BCUT2D eigenvalue weighted by molar-refractivity contribution is 1.11. The van der Waals surface area contributed by atoms with Crippen LogP contribution in [0.15, 0.2) is 57.6 Å². The fraction of sp³-hybridized carbons (Fsp3) is 0. The molecule has 0 saturated heterocycles. The largest absolute Gasteiger partial charge is 0.382 e. The first-order valence-electron chi connectivity index (χ1n) is 6.36. The van der Waals surface area contributed by atoms with E-state index in [1.54, 1.807) is 36.5 Å². The molecule has 23 heavy (non-hydrogen) atoms. The van der Waals surface area contributed by atoms with Crippen molar-refractivity contribution in [3.05, 3.63) is 48.2 Å². The second-order valence-corrected chi connectivity index (χ2v) is 5.19. The van der Waals surface area contributed by atoms with Crippen molar-refractivity contribution in [3.63, 3.8) is 0 Å². The van der Waals surface area contributed by atoms with Gasteiger partial charge in [-0.05, 0) is 24.3 Å². The van der Waals surface area contributed by atoms with Crippen LogP contribution in [0.2, 0.25) is 0 Å². The molecule has 8 heteroatoms. The molecule has 0 atom stereocenters. The predicted molar refractivity (Wildman–Crippen MR) is 88.1 cm³/mol. The van der Waals surface area contributed by atoms with Gasteiger partial charge in [-0.1, -0.05) is 23.9 Å². The summed E-state index contributed by atoms with van der Waals surface area (Å²) in [5, 5.41) is 29.6. The minimum Gasteiger partial charge on any atom is -0.382 e. The smallest absolute Gasteiger partial charge is 0.201 e. The Morgan fingerprint density at radius 1 is 1.26 bits per heavy atom. The summed E-state index contributed by atoms with van der Waals surface area (Å²) in [6.45, 7) is 0. The normalized spacial score (nSPS) is 10.4. The third-order valence-electron chi connectivity index (χ3n) is 2.63. The van der Waals surface area contributed by atoms with Crippen LogP contribution in [0.5, 0.6) is 0 Å². The number of nitrogens with zero attached hydrogens (tertiary/aromatic N) is 4. The molecule has 2 aromatic rings. The van der Waals surface area contributed by atoms with E-state index >= 15 is 0 Å². The molecule has 0 radical (unpaired) electrons. The molecule has 1 aromatic carbocycles. The van der Waals surface area contributed by atoms with Crippen LogP contribution < -0.4 is 11.2 Å². The first-order valence-corrected chi connectivity index (χ1v) is 7.17. The summed E-state index contributed by atoms with van der Waals surface area (Å²) in [5.41, 5.74) is 8.84. The Morgan fingerprint density at radius 3 is 2.74 bits per heavy atom. The average Bonchev–Trinajstić information content (AvgIpc) is 2.57. The summed E-state index contributed by atoms with van der Waals surface area (Å²) >= 11 is 1.30. The van der Waals surface area contributed by atoms with Crippen LogP contribution >= 0.6 is 11.8 Å². The molecule has 0 spiro atoms. The monoisotopic (exact) mass is 321 g/mol. The molecule has 0 amide bonds. The molecule has 7 nitrogen and oxygen atoms in total. The van der Waals surface area contributed by atoms with E-state index in [4.69, 9.17) is 21.7 Å². The summed E-state index contributed by atoms with van der Waals surface area (Å²) in [6.07, 6.45) is 1.61. The number of nitrogens with two attached hydrogens (primary N) is 1. The fourth-order valence-electron chi connectivity index (χ4n) is 1.57. The molecule has 0 aliphatic heterocycles. The van der Waals surface area contributed by atoms with Crippen molar-refractivity contribution in [1.29, 1.82) is 15.9 Å². The molecule has 112 valence electrons. The average molecular weight is 321 g/mol. The number of aromatic nitrogens is 1. The van der Waals surface area contributed by atoms with Gasteiger partial charge in [0.25, 0.3) is 0 Å². The quantitative estimate of drug-likeness (QED) is 0.439. The maximum absolute atomic E-state index is 9.12. The maximum Gasteiger partial charge on any atom is 0.201 e. The number of rotatable bonds is 5. The number of anilines is 1. The number of nitriles is 2. The molecule has 0 bridgehead atoms. The molecule has 0 saturated carbocycles. The zero-order valence-electron chi connectivity index (χ0n) is 11.8. The first-order chi connectivity index (χ1) is 11.2. The van der Waals surface area contributed by atoms with E-state index in [9.17, 15) is 0 Å². The first kappa shape index (κ1) is 16.0. The Bertz CT molecular complexity index is 845. The highest BCUT2D eigenvalue weighted by atomic mass is 32.2. The summed E-state index contributed by atoms with van der Waals surface area (Å²) in [5.74, 6) is -0.415.